The third-order valence-corrected chi connectivity index (χ3v) is 3.49. The molecule has 5 nitrogen and oxygen atoms in total. The van der Waals surface area contributed by atoms with Gasteiger partial charge < -0.3 is 4.90 Å². The number of carbonyl (C=O) groups excluding carboxylic acids is 1. The number of aryl methyl sites for hydroxylation is 1. The molecule has 25 heavy (non-hydrogen) atoms. The molecule has 0 unspecified atom stereocenters. The molecule has 9 heteroatoms. The average molecular weight is 358 g/mol. The maximum absolute atomic E-state index is 13.3. The van der Waals surface area contributed by atoms with E-state index in [2.05, 4.69) is 10.1 Å². The molecule has 0 bridgehead atoms. The van der Waals surface area contributed by atoms with Crippen LogP contribution < -0.4 is 4.90 Å². The highest BCUT2D eigenvalue weighted by Crippen LogP contribution is 2.26. The maximum atomic E-state index is 13.3. The first-order valence-corrected chi connectivity index (χ1v) is 7.75. The third-order valence-electron chi connectivity index (χ3n) is 3.49. The summed E-state index contributed by atoms with van der Waals surface area (Å²) in [5.74, 6) is -1.17. The van der Waals surface area contributed by atoms with Gasteiger partial charge >= 0.3 is 6.18 Å². The minimum absolute atomic E-state index is 0.268. The molecular weight excluding hydrogens is 340 g/mol. The van der Waals surface area contributed by atoms with Gasteiger partial charge in [0, 0.05) is 19.0 Å². The number of halogens is 4. The van der Waals surface area contributed by atoms with Crippen molar-refractivity contribution in [3.05, 3.63) is 36.2 Å². The minimum Gasteiger partial charge on any atom is -0.309 e. The quantitative estimate of drug-likeness (QED) is 0.738. The second kappa shape index (κ2) is 7.62. The average Bonchev–Trinajstić information content (AvgIpc) is 2.91. The Kier molecular flexibility index (Phi) is 5.76. The summed E-state index contributed by atoms with van der Waals surface area (Å²) in [7, 11) is 0. The fourth-order valence-electron chi connectivity index (χ4n) is 2.36. The van der Waals surface area contributed by atoms with Crippen molar-refractivity contribution in [2.75, 3.05) is 11.4 Å². The lowest BCUT2D eigenvalue weighted by molar-refractivity contribution is -0.143. The molecule has 0 saturated carbocycles. The van der Waals surface area contributed by atoms with Gasteiger partial charge in [-0.25, -0.2) is 9.07 Å². The van der Waals surface area contributed by atoms with Crippen LogP contribution in [0.25, 0.3) is 5.69 Å². The molecule has 0 aliphatic rings. The van der Waals surface area contributed by atoms with Crippen LogP contribution in [0.4, 0.5) is 23.2 Å². The van der Waals surface area contributed by atoms with Crippen LogP contribution in [0, 0.1) is 12.7 Å². The predicted molar refractivity (Wildman–Crippen MR) is 84.0 cm³/mol. The number of amides is 1. The number of hydrogen-bond donors (Lipinski definition) is 0. The molecule has 0 N–H and O–H groups in total. The van der Waals surface area contributed by atoms with Gasteiger partial charge in [0.05, 0.1) is 42.1 Å². The molecule has 2 aromatic rings. The summed E-state index contributed by atoms with van der Waals surface area (Å²) in [6, 6.07) is 1.22. The molecule has 0 fully saturated rings. The predicted octanol–water partition coefficient (Wildman–Crippen LogP) is 3.80. The van der Waals surface area contributed by atoms with Crippen LogP contribution in [0.5, 0.6) is 0 Å². The normalized spacial score (nSPS) is 11.6. The van der Waals surface area contributed by atoms with Crippen molar-refractivity contribution in [2.45, 2.75) is 39.3 Å². The van der Waals surface area contributed by atoms with Gasteiger partial charge in [0.25, 0.3) is 0 Å². The molecule has 0 atom stereocenters. The van der Waals surface area contributed by atoms with Crippen molar-refractivity contribution in [3.8, 4) is 5.69 Å². The van der Waals surface area contributed by atoms with Gasteiger partial charge in [-0.05, 0) is 13.3 Å². The summed E-state index contributed by atoms with van der Waals surface area (Å²) in [5.41, 5.74) is 1.21. The number of carbonyl (C=O) groups is 1. The number of anilines is 1. The molecule has 2 heterocycles. The second-order valence-electron chi connectivity index (χ2n) is 5.57. The zero-order valence-electron chi connectivity index (χ0n) is 13.8. The largest absolute Gasteiger partial charge is 0.389 e. The van der Waals surface area contributed by atoms with Crippen LogP contribution in [0.1, 0.15) is 31.9 Å². The van der Waals surface area contributed by atoms with E-state index in [1.807, 2.05) is 6.92 Å². The third kappa shape index (κ3) is 5.01. The van der Waals surface area contributed by atoms with Crippen LogP contribution in [-0.4, -0.2) is 33.4 Å². The lowest BCUT2D eigenvalue weighted by atomic mass is 10.2. The lowest BCUT2D eigenvalue weighted by Gasteiger charge is -2.21. The minimum atomic E-state index is -4.39. The molecule has 0 spiro atoms. The van der Waals surface area contributed by atoms with Crippen LogP contribution in [0.3, 0.4) is 0 Å². The number of rotatable bonds is 6. The second-order valence-corrected chi connectivity index (χ2v) is 5.57. The van der Waals surface area contributed by atoms with Crippen molar-refractivity contribution < 1.29 is 22.4 Å². The maximum Gasteiger partial charge on any atom is 0.389 e. The number of hydrogen-bond acceptors (Lipinski definition) is 3. The van der Waals surface area contributed by atoms with E-state index in [0.717, 1.165) is 6.20 Å². The smallest absolute Gasteiger partial charge is 0.309 e. The van der Waals surface area contributed by atoms with Crippen molar-refractivity contribution in [1.29, 1.82) is 0 Å². The first-order valence-electron chi connectivity index (χ1n) is 7.75. The number of nitrogens with zero attached hydrogens (tertiary/aromatic N) is 4. The van der Waals surface area contributed by atoms with Gasteiger partial charge in [-0.2, -0.15) is 18.3 Å². The lowest BCUT2D eigenvalue weighted by Crippen LogP contribution is -2.32. The van der Waals surface area contributed by atoms with Gasteiger partial charge in [0.1, 0.15) is 5.82 Å². The van der Waals surface area contributed by atoms with Crippen molar-refractivity contribution in [3.63, 3.8) is 0 Å². The summed E-state index contributed by atoms with van der Waals surface area (Å²) in [6.07, 6.45) is -1.68. The van der Waals surface area contributed by atoms with E-state index in [4.69, 9.17) is 0 Å². The Labute approximate surface area is 142 Å². The zero-order chi connectivity index (χ0) is 18.6. The fourth-order valence-corrected chi connectivity index (χ4v) is 2.36. The molecule has 0 aromatic carbocycles. The Hall–Kier alpha value is -2.45. The highest BCUT2D eigenvalue weighted by Gasteiger charge is 2.30. The van der Waals surface area contributed by atoms with E-state index < -0.39 is 30.7 Å². The van der Waals surface area contributed by atoms with Gasteiger partial charge in [0.2, 0.25) is 5.91 Å². The molecule has 0 aliphatic carbocycles. The molecule has 0 aliphatic heterocycles. The highest BCUT2D eigenvalue weighted by atomic mass is 19.4. The van der Waals surface area contributed by atoms with Crippen LogP contribution >= 0.6 is 0 Å². The molecule has 2 aromatic heterocycles. The van der Waals surface area contributed by atoms with Crippen LogP contribution in [0.15, 0.2) is 24.7 Å². The van der Waals surface area contributed by atoms with E-state index in [0.29, 0.717) is 23.5 Å². The Morgan fingerprint density at radius 3 is 2.64 bits per heavy atom. The molecule has 0 radical (unpaired) electrons. The van der Waals surface area contributed by atoms with Crippen molar-refractivity contribution in [1.82, 2.24) is 14.8 Å². The van der Waals surface area contributed by atoms with Gasteiger partial charge in [-0.15, -0.1) is 0 Å². The zero-order valence-corrected chi connectivity index (χ0v) is 13.8. The van der Waals surface area contributed by atoms with Gasteiger partial charge in [-0.1, -0.05) is 6.92 Å². The van der Waals surface area contributed by atoms with Gasteiger partial charge in [0.15, 0.2) is 0 Å². The fraction of sp³-hybridized carbons (Fsp3) is 0.438. The van der Waals surface area contributed by atoms with Gasteiger partial charge in [-0.3, -0.25) is 9.78 Å². The molecule has 0 saturated heterocycles. The molecule has 1 amide bonds. The first kappa shape index (κ1) is 18.9. The van der Waals surface area contributed by atoms with E-state index in [1.54, 1.807) is 6.92 Å². The summed E-state index contributed by atoms with van der Waals surface area (Å²) in [5, 5.41) is 4.21. The van der Waals surface area contributed by atoms with Crippen molar-refractivity contribution >= 4 is 11.6 Å². The summed E-state index contributed by atoms with van der Waals surface area (Å²) in [6.45, 7) is 3.73. The Morgan fingerprint density at radius 1 is 1.32 bits per heavy atom. The molecule has 136 valence electrons. The van der Waals surface area contributed by atoms with E-state index in [9.17, 15) is 22.4 Å². The van der Waals surface area contributed by atoms with E-state index >= 15 is 0 Å². The number of pyridine rings is 1. The molecule has 2 rings (SSSR count). The summed E-state index contributed by atoms with van der Waals surface area (Å²) >= 11 is 0. The SMILES string of the molecule is CCCN(C(=O)CCC(F)(F)F)c1cn(-c2cncc(F)c2)nc1C. The van der Waals surface area contributed by atoms with Crippen LogP contribution in [-0.2, 0) is 4.79 Å². The summed E-state index contributed by atoms with van der Waals surface area (Å²) < 4.78 is 51.8. The topological polar surface area (TPSA) is 51.0 Å². The Bertz CT molecular complexity index is 742. The monoisotopic (exact) mass is 358 g/mol. The first-order chi connectivity index (χ1) is 11.7. The van der Waals surface area contributed by atoms with E-state index in [1.165, 1.54) is 28.0 Å². The van der Waals surface area contributed by atoms with Crippen LogP contribution in [0.2, 0.25) is 0 Å². The number of alkyl halides is 3. The number of aromatic nitrogens is 3. The highest BCUT2D eigenvalue weighted by molar-refractivity contribution is 5.93. The van der Waals surface area contributed by atoms with Crippen molar-refractivity contribution in [2.24, 2.45) is 0 Å². The van der Waals surface area contributed by atoms with E-state index in [-0.39, 0.29) is 6.54 Å². The summed E-state index contributed by atoms with van der Waals surface area (Å²) in [4.78, 5) is 17.3. The Balaban J connectivity index is 2.28. The standard InChI is InChI=1S/C16H18F4N4O/c1-3-6-23(15(25)4-5-16(18,19)20)14-10-24(22-11(14)2)13-7-12(17)8-21-9-13/h7-10H,3-6H2,1-2H3. The Morgan fingerprint density at radius 2 is 2.04 bits per heavy atom. The molecular formula is C16H18F4N4O.